The highest BCUT2D eigenvalue weighted by atomic mass is 31.1. The van der Waals surface area contributed by atoms with Crippen LogP contribution in [-0.4, -0.2) is 61.3 Å². The Bertz CT molecular complexity index is 1130. The van der Waals surface area contributed by atoms with Crippen LogP contribution in [0.15, 0.2) is 52.2 Å². The van der Waals surface area contributed by atoms with E-state index in [1.807, 2.05) is 0 Å². The second-order valence-electron chi connectivity index (χ2n) is 6.92. The van der Waals surface area contributed by atoms with Gasteiger partial charge in [-0.1, -0.05) is 18.2 Å². The number of para-hydroxylation sites is 1. The smallest absolute Gasteiger partial charge is 0.480 e. The van der Waals surface area contributed by atoms with E-state index in [9.17, 15) is 37.9 Å². The second-order valence-corrected chi connectivity index (χ2v) is 8.05. The monoisotopic (exact) mass is 490 g/mol. The quantitative estimate of drug-likeness (QED) is 0.340. The minimum absolute atomic E-state index is 0.138. The zero-order valence-corrected chi connectivity index (χ0v) is 17.8. The first-order chi connectivity index (χ1) is 15.5. The molecule has 0 spiro atoms. The van der Waals surface area contributed by atoms with Crippen molar-refractivity contribution in [1.29, 1.82) is 0 Å². The summed E-state index contributed by atoms with van der Waals surface area (Å²) in [4.78, 5) is 42.0. The summed E-state index contributed by atoms with van der Waals surface area (Å²) in [5.74, 6) is -5.24. The summed E-state index contributed by atoms with van der Waals surface area (Å²) in [6.07, 6.45) is -5.72. The van der Waals surface area contributed by atoms with Crippen molar-refractivity contribution in [1.82, 2.24) is 14.4 Å². The van der Waals surface area contributed by atoms with Gasteiger partial charge >= 0.3 is 25.8 Å². The van der Waals surface area contributed by atoms with Gasteiger partial charge in [0.05, 0.1) is 0 Å². The molecule has 1 aromatic heterocycles. The fourth-order valence-electron chi connectivity index (χ4n) is 2.85. The van der Waals surface area contributed by atoms with Gasteiger partial charge in [0.2, 0.25) is 6.23 Å². The maximum Gasteiger partial charge on any atom is 0.653 e. The Labute approximate surface area is 184 Å². The van der Waals surface area contributed by atoms with Crippen LogP contribution < -0.4 is 16.1 Å². The third-order valence-electron chi connectivity index (χ3n) is 4.62. The molecule has 2 heterocycles. The number of rotatable bonds is 9. The Balaban J connectivity index is 1.74. The molecular weight excluding hydrogens is 471 g/mol. The lowest BCUT2D eigenvalue weighted by Gasteiger charge is -2.20. The summed E-state index contributed by atoms with van der Waals surface area (Å²) in [6.45, 7) is 0.303. The molecule has 33 heavy (non-hydrogen) atoms. The number of alkyl halides is 2. The molecule has 5 atom stereocenters. The van der Waals surface area contributed by atoms with Crippen LogP contribution in [0.4, 0.5) is 8.78 Å². The van der Waals surface area contributed by atoms with Crippen LogP contribution in [-0.2, 0) is 18.6 Å². The van der Waals surface area contributed by atoms with E-state index in [2.05, 4.69) is 0 Å². The van der Waals surface area contributed by atoms with Crippen molar-refractivity contribution in [3.63, 3.8) is 0 Å². The molecule has 0 bridgehead atoms. The van der Waals surface area contributed by atoms with E-state index >= 15 is 0 Å². The number of benzene rings is 1. The Morgan fingerprint density at radius 2 is 2.00 bits per heavy atom. The van der Waals surface area contributed by atoms with E-state index < -0.39 is 62.4 Å². The normalized spacial score (nSPS) is 23.3. The molecule has 15 heteroatoms. The van der Waals surface area contributed by atoms with Gasteiger partial charge in [0.25, 0.3) is 5.56 Å². The van der Waals surface area contributed by atoms with E-state index in [0.29, 0.717) is 9.40 Å². The van der Waals surface area contributed by atoms with Crippen LogP contribution in [0, 0.1) is 0 Å². The molecule has 0 saturated carbocycles. The molecule has 0 radical (unpaired) electrons. The van der Waals surface area contributed by atoms with Crippen LogP contribution in [0.5, 0.6) is 5.75 Å². The summed E-state index contributed by atoms with van der Waals surface area (Å²) in [5.41, 5.74) is -2.01. The topological polar surface area (TPSA) is 160 Å². The molecule has 0 amide bonds. The number of hydrogen-bond acceptors (Lipinski definition) is 8. The zero-order valence-electron chi connectivity index (χ0n) is 16.9. The molecule has 2 aromatic rings. The molecule has 12 nitrogen and oxygen atoms in total. The van der Waals surface area contributed by atoms with Crippen molar-refractivity contribution in [2.24, 2.45) is 0 Å². The van der Waals surface area contributed by atoms with Gasteiger partial charge in [0.1, 0.15) is 17.5 Å². The number of carboxylic acid groups (broad SMARTS) is 1. The Kier molecular flexibility index (Phi) is 7.34. The molecule has 3 N–H and O–H groups in total. The largest absolute Gasteiger partial charge is 0.653 e. The van der Waals surface area contributed by atoms with Crippen molar-refractivity contribution in [2.75, 3.05) is 6.61 Å². The van der Waals surface area contributed by atoms with Gasteiger partial charge in [-0.05, 0) is 23.6 Å². The molecule has 3 rings (SSSR count). The second kappa shape index (κ2) is 9.85. The first-order valence-electron chi connectivity index (χ1n) is 9.40. The molecule has 1 aliphatic heterocycles. The van der Waals surface area contributed by atoms with Crippen LogP contribution in [0.1, 0.15) is 13.2 Å². The third kappa shape index (κ3) is 5.31. The van der Waals surface area contributed by atoms with Crippen molar-refractivity contribution in [2.45, 2.75) is 37.3 Å². The van der Waals surface area contributed by atoms with E-state index in [4.69, 9.17) is 14.1 Å². The molecule has 178 valence electrons. The molecule has 1 aliphatic rings. The summed E-state index contributed by atoms with van der Waals surface area (Å²) in [6, 6.07) is 7.10. The van der Waals surface area contributed by atoms with Crippen LogP contribution >= 0.6 is 8.18 Å². The summed E-state index contributed by atoms with van der Waals surface area (Å²) in [7, 11) is -3.06. The van der Waals surface area contributed by atoms with E-state index in [0.717, 1.165) is 19.2 Å². The minimum atomic E-state index is -3.98. The number of aromatic nitrogens is 2. The fraction of sp³-hybridized carbons (Fsp3) is 0.389. The number of carboxylic acids is 1. The number of hydrogen-bond donors (Lipinski definition) is 3. The van der Waals surface area contributed by atoms with Crippen molar-refractivity contribution in [3.8, 4) is 5.75 Å². The van der Waals surface area contributed by atoms with Crippen molar-refractivity contribution < 1.29 is 42.5 Å². The number of H-pyrrole nitrogens is 1. The van der Waals surface area contributed by atoms with Gasteiger partial charge < -0.3 is 19.8 Å². The van der Waals surface area contributed by atoms with E-state index in [-0.39, 0.29) is 5.75 Å². The van der Waals surface area contributed by atoms with Gasteiger partial charge in [0.15, 0.2) is 17.9 Å². The molecular formula is C18H19F2N3O9P+. The van der Waals surface area contributed by atoms with Crippen molar-refractivity contribution in [3.05, 3.63) is 63.4 Å². The van der Waals surface area contributed by atoms with Gasteiger partial charge in [-0.3, -0.25) is 19.1 Å². The third-order valence-corrected chi connectivity index (χ3v) is 5.74. The predicted molar refractivity (Wildman–Crippen MR) is 106 cm³/mol. The SMILES string of the molecule is CC(C(=O)O)N(Oc1ccccc1)[P+](=O)OC[C@H]1O[C@@H](n2ccc(=O)[nH]c2=O)C(F)(F)[C@@H]1O. The van der Waals surface area contributed by atoms with Crippen molar-refractivity contribution >= 4 is 14.1 Å². The lowest BCUT2D eigenvalue weighted by molar-refractivity contribution is -0.148. The van der Waals surface area contributed by atoms with Gasteiger partial charge in [-0.2, -0.15) is 8.78 Å². The molecule has 1 saturated heterocycles. The van der Waals surface area contributed by atoms with E-state index in [1.54, 1.807) is 23.2 Å². The average molecular weight is 490 g/mol. The first kappa shape index (κ1) is 24.6. The van der Waals surface area contributed by atoms with Crippen LogP contribution in [0.25, 0.3) is 0 Å². The summed E-state index contributed by atoms with van der Waals surface area (Å²) in [5, 5.41) is 19.3. The highest BCUT2D eigenvalue weighted by Gasteiger charge is 2.60. The molecule has 2 unspecified atom stereocenters. The standard InChI is InChI=1S/C18H18F2N3O9P/c1-10(15(26)27)23(32-11-5-3-2-4-6-11)33(29)30-9-12-14(25)18(19,20)16(31-12)22-8-7-13(24)21-17(22)28/h2-8,10,12,14,16,25H,9H2,1H3,(H-,21,24,26,27,28)/p+1/t10?,12-,14-,16-/m1/s1. The van der Waals surface area contributed by atoms with Crippen LogP contribution in [0.2, 0.25) is 0 Å². The first-order valence-corrected chi connectivity index (χ1v) is 10.5. The molecule has 1 aromatic carbocycles. The van der Waals surface area contributed by atoms with Gasteiger partial charge in [0, 0.05) is 12.3 Å². The number of ether oxygens (including phenoxy) is 1. The van der Waals surface area contributed by atoms with Gasteiger partial charge in [-0.15, -0.1) is 4.52 Å². The Morgan fingerprint density at radius 3 is 2.61 bits per heavy atom. The highest BCUT2D eigenvalue weighted by Crippen LogP contribution is 2.43. The number of nitrogens with one attached hydrogen (secondary N) is 1. The van der Waals surface area contributed by atoms with Crippen LogP contribution in [0.3, 0.4) is 0 Å². The number of aliphatic hydroxyl groups is 1. The maximum atomic E-state index is 14.6. The zero-order chi connectivity index (χ0) is 24.3. The highest BCUT2D eigenvalue weighted by molar-refractivity contribution is 7.36. The van der Waals surface area contributed by atoms with Gasteiger partial charge in [-0.25, -0.2) is 4.79 Å². The number of aliphatic hydroxyl groups excluding tert-OH is 1. The average Bonchev–Trinajstić information content (AvgIpc) is 2.99. The number of halogens is 2. The lowest BCUT2D eigenvalue weighted by atomic mass is 10.1. The minimum Gasteiger partial charge on any atom is -0.480 e. The summed E-state index contributed by atoms with van der Waals surface area (Å²) >= 11 is 0. The predicted octanol–water partition coefficient (Wildman–Crippen LogP) is 0.873. The van der Waals surface area contributed by atoms with E-state index in [1.165, 1.54) is 12.1 Å². The Hall–Kier alpha value is -3.03. The number of hydroxylamine groups is 1. The number of aromatic amines is 1. The number of aliphatic carboxylic acids is 1. The molecule has 0 aliphatic carbocycles. The molecule has 1 fully saturated rings. The maximum absolute atomic E-state index is 14.6. The fourth-order valence-corrected chi connectivity index (χ4v) is 3.78. The Morgan fingerprint density at radius 1 is 1.33 bits per heavy atom. The lowest BCUT2D eigenvalue weighted by Crippen LogP contribution is -2.42. The summed E-state index contributed by atoms with van der Waals surface area (Å²) < 4.78 is 52.2. The number of nitrogens with zero attached hydrogens (tertiary/aromatic N) is 2. The number of carbonyl (C=O) groups is 1.